The van der Waals surface area contributed by atoms with Crippen LogP contribution in [0.25, 0.3) is 0 Å². The number of rotatable bonds is 3. The molecule has 0 amide bonds. The molecule has 0 unspecified atom stereocenters. The van der Waals surface area contributed by atoms with Gasteiger partial charge in [0.05, 0.1) is 6.61 Å². The van der Waals surface area contributed by atoms with E-state index in [4.69, 9.17) is 15.1 Å². The van der Waals surface area contributed by atoms with Crippen LogP contribution in [0.5, 0.6) is 11.5 Å². The van der Waals surface area contributed by atoms with Crippen molar-refractivity contribution in [3.63, 3.8) is 0 Å². The average Bonchev–Trinajstić information content (AvgIpc) is 2.81. The van der Waals surface area contributed by atoms with Crippen molar-refractivity contribution in [3.05, 3.63) is 53.6 Å². The van der Waals surface area contributed by atoms with Gasteiger partial charge in [-0.25, -0.2) is 0 Å². The molecular weight excluding hydrogens is 276 g/mol. The number of halogens is 1. The zero-order valence-corrected chi connectivity index (χ0v) is 11.6. The maximum atomic E-state index is 9.54. The van der Waals surface area contributed by atoms with Crippen LogP contribution in [0.15, 0.2) is 42.5 Å². The third kappa shape index (κ3) is 2.97. The van der Waals surface area contributed by atoms with E-state index < -0.39 is 7.12 Å². The van der Waals surface area contributed by atoms with Gasteiger partial charge >= 0.3 is 7.12 Å². The molecule has 0 spiro atoms. The Morgan fingerprint density at radius 3 is 2.55 bits per heavy atom. The van der Waals surface area contributed by atoms with Crippen molar-refractivity contribution in [2.24, 2.45) is 5.73 Å². The number of hydrogen-bond donors (Lipinski definition) is 2. The normalized spacial score (nSPS) is 12.8. The van der Waals surface area contributed by atoms with Gasteiger partial charge in [0.25, 0.3) is 0 Å². The summed E-state index contributed by atoms with van der Waals surface area (Å²) < 4.78 is 10.9. The maximum Gasteiger partial charge on any atom is 0.491 e. The summed E-state index contributed by atoms with van der Waals surface area (Å²) in [5, 5.41) is 9.54. The zero-order chi connectivity index (χ0) is 13.2. The van der Waals surface area contributed by atoms with Gasteiger partial charge in [0, 0.05) is 6.54 Å². The topological polar surface area (TPSA) is 64.7 Å². The van der Waals surface area contributed by atoms with E-state index in [9.17, 15) is 5.02 Å². The standard InChI is InChI=1S/C14H14BNO3.ClH/c16-8-10-1-3-12(4-2-10)19-13-5-6-14-11(7-13)9-18-15(14)17;/h1-7,17H,8-9,16H2;1H. The molecule has 0 radical (unpaired) electrons. The van der Waals surface area contributed by atoms with Crippen molar-refractivity contribution in [1.29, 1.82) is 0 Å². The van der Waals surface area contributed by atoms with Crippen molar-refractivity contribution >= 4 is 25.0 Å². The van der Waals surface area contributed by atoms with Gasteiger partial charge < -0.3 is 20.1 Å². The zero-order valence-electron chi connectivity index (χ0n) is 10.8. The number of hydrogen-bond acceptors (Lipinski definition) is 4. The van der Waals surface area contributed by atoms with Gasteiger partial charge in [0.2, 0.25) is 0 Å². The van der Waals surface area contributed by atoms with Crippen molar-refractivity contribution < 1.29 is 14.4 Å². The van der Waals surface area contributed by atoms with Gasteiger partial charge in [0.1, 0.15) is 11.5 Å². The molecule has 2 aromatic rings. The lowest BCUT2D eigenvalue weighted by Gasteiger charge is -2.08. The minimum atomic E-state index is -0.812. The van der Waals surface area contributed by atoms with Gasteiger partial charge in [-0.15, -0.1) is 12.4 Å². The summed E-state index contributed by atoms with van der Waals surface area (Å²) in [6.45, 7) is 0.939. The molecule has 6 heteroatoms. The molecule has 3 N–H and O–H groups in total. The summed E-state index contributed by atoms with van der Waals surface area (Å²) in [7, 11) is -0.812. The molecule has 0 atom stereocenters. The largest absolute Gasteiger partial charge is 0.491 e. The molecule has 0 aliphatic carbocycles. The lowest BCUT2D eigenvalue weighted by atomic mass is 9.80. The number of fused-ring (bicyclic) bond motifs is 1. The first-order valence-corrected chi connectivity index (χ1v) is 6.15. The molecule has 2 aromatic carbocycles. The third-order valence-corrected chi connectivity index (χ3v) is 3.17. The van der Waals surface area contributed by atoms with E-state index in [1.54, 1.807) is 0 Å². The minimum Gasteiger partial charge on any atom is -0.457 e. The SMILES string of the molecule is Cl.NCc1ccc(Oc2ccc3c(c2)COB3O)cc1. The average molecular weight is 292 g/mol. The summed E-state index contributed by atoms with van der Waals surface area (Å²) in [4.78, 5) is 0. The van der Waals surface area contributed by atoms with E-state index in [-0.39, 0.29) is 12.4 Å². The first-order chi connectivity index (χ1) is 9.26. The fourth-order valence-electron chi connectivity index (χ4n) is 2.10. The van der Waals surface area contributed by atoms with Crippen molar-refractivity contribution in [2.75, 3.05) is 0 Å². The van der Waals surface area contributed by atoms with Crippen LogP contribution in [0.1, 0.15) is 11.1 Å². The molecule has 0 saturated heterocycles. The summed E-state index contributed by atoms with van der Waals surface area (Å²) in [5.74, 6) is 1.49. The molecule has 1 aliphatic rings. The predicted molar refractivity (Wildman–Crippen MR) is 80.5 cm³/mol. The van der Waals surface area contributed by atoms with Crippen LogP contribution >= 0.6 is 12.4 Å². The van der Waals surface area contributed by atoms with Crippen molar-refractivity contribution in [2.45, 2.75) is 13.2 Å². The molecule has 0 bridgehead atoms. The van der Waals surface area contributed by atoms with E-state index >= 15 is 0 Å². The van der Waals surface area contributed by atoms with Gasteiger partial charge in [-0.05, 0) is 40.9 Å². The smallest absolute Gasteiger partial charge is 0.457 e. The van der Waals surface area contributed by atoms with Gasteiger partial charge in [-0.3, -0.25) is 0 Å². The lowest BCUT2D eigenvalue weighted by Crippen LogP contribution is -2.27. The fourth-order valence-corrected chi connectivity index (χ4v) is 2.10. The molecule has 104 valence electrons. The van der Waals surface area contributed by atoms with Crippen LogP contribution in [0.4, 0.5) is 0 Å². The second-order valence-corrected chi connectivity index (χ2v) is 4.47. The quantitative estimate of drug-likeness (QED) is 0.843. The molecule has 0 fully saturated rings. The first kappa shape index (κ1) is 14.9. The van der Waals surface area contributed by atoms with Crippen LogP contribution in [0.2, 0.25) is 0 Å². The van der Waals surface area contributed by atoms with Gasteiger partial charge in [-0.2, -0.15) is 0 Å². The monoisotopic (exact) mass is 291 g/mol. The molecule has 1 aliphatic heterocycles. The summed E-state index contributed by atoms with van der Waals surface area (Å²) in [5.41, 5.74) is 8.39. The Morgan fingerprint density at radius 1 is 1.15 bits per heavy atom. The summed E-state index contributed by atoms with van der Waals surface area (Å²) in [6.07, 6.45) is 0. The Bertz CT molecular complexity index is 591. The highest BCUT2D eigenvalue weighted by atomic mass is 35.5. The van der Waals surface area contributed by atoms with Crippen LogP contribution in [0, 0.1) is 0 Å². The Labute approximate surface area is 124 Å². The van der Waals surface area contributed by atoms with Crippen molar-refractivity contribution in [3.8, 4) is 11.5 Å². The second kappa shape index (κ2) is 6.28. The van der Waals surface area contributed by atoms with Crippen LogP contribution < -0.4 is 15.9 Å². The van der Waals surface area contributed by atoms with Crippen LogP contribution in [-0.2, 0) is 17.8 Å². The molecule has 0 aromatic heterocycles. The Hall–Kier alpha value is -1.53. The first-order valence-electron chi connectivity index (χ1n) is 6.15. The summed E-state index contributed by atoms with van der Waals surface area (Å²) in [6, 6.07) is 13.2. The predicted octanol–water partition coefficient (Wildman–Crippen LogP) is 1.58. The lowest BCUT2D eigenvalue weighted by molar-refractivity contribution is 0.275. The number of nitrogens with two attached hydrogens (primary N) is 1. The highest BCUT2D eigenvalue weighted by Gasteiger charge is 2.27. The van der Waals surface area contributed by atoms with E-state index in [2.05, 4.69) is 0 Å². The van der Waals surface area contributed by atoms with E-state index in [1.807, 2.05) is 42.5 Å². The second-order valence-electron chi connectivity index (χ2n) is 4.47. The Kier molecular flexibility index (Phi) is 4.67. The summed E-state index contributed by atoms with van der Waals surface area (Å²) >= 11 is 0. The van der Waals surface area contributed by atoms with E-state index in [0.717, 1.165) is 28.1 Å². The van der Waals surface area contributed by atoms with Gasteiger partial charge in [0.15, 0.2) is 0 Å². The molecule has 3 rings (SSSR count). The molecule has 20 heavy (non-hydrogen) atoms. The Morgan fingerprint density at radius 2 is 1.85 bits per heavy atom. The van der Waals surface area contributed by atoms with Crippen LogP contribution in [-0.4, -0.2) is 12.1 Å². The highest BCUT2D eigenvalue weighted by molar-refractivity contribution is 6.61. The Balaban J connectivity index is 0.00000147. The molecule has 4 nitrogen and oxygen atoms in total. The molecule has 0 saturated carbocycles. The maximum absolute atomic E-state index is 9.54. The van der Waals surface area contributed by atoms with Crippen LogP contribution in [0.3, 0.4) is 0 Å². The number of benzene rings is 2. The molecular formula is C14H15BClNO3. The van der Waals surface area contributed by atoms with E-state index in [1.165, 1.54) is 0 Å². The fraction of sp³-hybridized carbons (Fsp3) is 0.143. The molecule has 1 heterocycles. The number of ether oxygens (including phenoxy) is 1. The van der Waals surface area contributed by atoms with Crippen molar-refractivity contribution in [1.82, 2.24) is 0 Å². The minimum absolute atomic E-state index is 0. The third-order valence-electron chi connectivity index (χ3n) is 3.17. The highest BCUT2D eigenvalue weighted by Crippen LogP contribution is 2.23. The van der Waals surface area contributed by atoms with E-state index in [0.29, 0.717) is 13.2 Å². The van der Waals surface area contributed by atoms with Gasteiger partial charge in [-0.1, -0.05) is 18.2 Å².